The summed E-state index contributed by atoms with van der Waals surface area (Å²) >= 11 is 0. The minimum absolute atomic E-state index is 0.0164. The van der Waals surface area contributed by atoms with Gasteiger partial charge in [0.15, 0.2) is 0 Å². The fraction of sp³-hybridized carbons (Fsp3) is 0.500. The van der Waals surface area contributed by atoms with E-state index < -0.39 is 5.63 Å². The number of ether oxygens (including phenoxy) is 1. The quantitative estimate of drug-likeness (QED) is 0.924. The lowest BCUT2D eigenvalue weighted by Gasteiger charge is -2.39. The normalized spacial score (nSPS) is 29.9. The lowest BCUT2D eigenvalue weighted by Crippen LogP contribution is -2.42. The number of hydrogen-bond donors (Lipinski definition) is 1. The highest BCUT2D eigenvalue weighted by Gasteiger charge is 2.60. The predicted molar refractivity (Wildman–Crippen MR) is 93.4 cm³/mol. The highest BCUT2D eigenvalue weighted by molar-refractivity contribution is 5.57. The molecule has 0 spiro atoms. The second kappa shape index (κ2) is 5.43. The minimum Gasteiger partial charge on any atom is -0.507 e. The van der Waals surface area contributed by atoms with Crippen molar-refractivity contribution in [1.29, 1.82) is 0 Å². The average Bonchev–Trinajstić information content (AvgIpc) is 3.05. The zero-order chi connectivity index (χ0) is 17.8. The molecule has 0 aliphatic carbocycles. The third-order valence-electron chi connectivity index (χ3n) is 6.16. The maximum atomic E-state index is 12.6. The molecule has 5 heteroatoms. The van der Waals surface area contributed by atoms with E-state index in [1.807, 2.05) is 0 Å². The number of fused-ring (bicyclic) bond motifs is 2. The minimum atomic E-state index is -0.485. The Morgan fingerprint density at radius 2 is 2.16 bits per heavy atom. The molecule has 2 aromatic heterocycles. The largest absolute Gasteiger partial charge is 0.507 e. The van der Waals surface area contributed by atoms with E-state index in [1.165, 1.54) is 6.07 Å². The van der Waals surface area contributed by atoms with Crippen molar-refractivity contribution in [2.75, 3.05) is 0 Å². The van der Waals surface area contributed by atoms with E-state index in [9.17, 15) is 9.90 Å². The Balaban J connectivity index is 1.69. The van der Waals surface area contributed by atoms with Gasteiger partial charge in [0.1, 0.15) is 11.5 Å². The van der Waals surface area contributed by atoms with Crippen LogP contribution >= 0.6 is 0 Å². The molecule has 0 amide bonds. The van der Waals surface area contributed by atoms with E-state index >= 15 is 0 Å². The van der Waals surface area contributed by atoms with Gasteiger partial charge in [-0.15, -0.1) is 0 Å². The molecule has 2 aliphatic rings. The molecule has 132 valence electrons. The van der Waals surface area contributed by atoms with Crippen LogP contribution in [0.3, 0.4) is 0 Å². The van der Waals surface area contributed by atoms with E-state index in [0.29, 0.717) is 23.3 Å². The summed E-state index contributed by atoms with van der Waals surface area (Å²) in [6, 6.07) is 5.06. The van der Waals surface area contributed by atoms with Crippen LogP contribution in [0.2, 0.25) is 0 Å². The van der Waals surface area contributed by atoms with Crippen LogP contribution in [0.1, 0.15) is 39.2 Å². The van der Waals surface area contributed by atoms with Crippen molar-refractivity contribution in [1.82, 2.24) is 4.98 Å². The van der Waals surface area contributed by atoms with E-state index in [2.05, 4.69) is 25.8 Å². The maximum Gasteiger partial charge on any atom is 0.343 e. The molecule has 5 nitrogen and oxygen atoms in total. The van der Waals surface area contributed by atoms with E-state index in [1.54, 1.807) is 24.5 Å². The van der Waals surface area contributed by atoms with Gasteiger partial charge in [-0.25, -0.2) is 4.79 Å². The molecular weight excluding hydrogens is 318 g/mol. The van der Waals surface area contributed by atoms with Crippen LogP contribution in [0.4, 0.5) is 0 Å². The van der Waals surface area contributed by atoms with Crippen LogP contribution < -0.4 is 5.63 Å². The molecule has 1 N–H and O–H groups in total. The first-order valence-electron chi connectivity index (χ1n) is 8.75. The van der Waals surface area contributed by atoms with Gasteiger partial charge in [-0.2, -0.15) is 0 Å². The van der Waals surface area contributed by atoms with Crippen molar-refractivity contribution in [2.24, 2.45) is 11.3 Å². The number of hydrogen-bond acceptors (Lipinski definition) is 5. The molecule has 3 unspecified atom stereocenters. The molecule has 25 heavy (non-hydrogen) atoms. The van der Waals surface area contributed by atoms with Gasteiger partial charge in [-0.3, -0.25) is 4.98 Å². The van der Waals surface area contributed by atoms with Gasteiger partial charge in [0.25, 0.3) is 0 Å². The van der Waals surface area contributed by atoms with Gasteiger partial charge in [-0.1, -0.05) is 13.8 Å². The molecule has 2 aromatic rings. The summed E-state index contributed by atoms with van der Waals surface area (Å²) in [7, 11) is 0. The fourth-order valence-electron chi connectivity index (χ4n) is 4.68. The molecule has 2 bridgehead atoms. The molecule has 0 aromatic carbocycles. The van der Waals surface area contributed by atoms with Crippen LogP contribution in [-0.4, -0.2) is 21.8 Å². The van der Waals surface area contributed by atoms with Crippen molar-refractivity contribution in [2.45, 2.75) is 51.7 Å². The SMILES string of the molecule is CC12CCC(O1)C(C)(C)C2Cc1c(O)cc(-c2cccnc2)oc1=O. The Hall–Kier alpha value is -2.14. The highest BCUT2D eigenvalue weighted by Crippen LogP contribution is 2.58. The molecule has 2 fully saturated rings. The topological polar surface area (TPSA) is 72.6 Å². The monoisotopic (exact) mass is 341 g/mol. The number of rotatable bonds is 3. The predicted octanol–water partition coefficient (Wildman–Crippen LogP) is 3.54. The molecule has 0 saturated carbocycles. The first kappa shape index (κ1) is 16.3. The summed E-state index contributed by atoms with van der Waals surface area (Å²) in [6.07, 6.45) is 5.97. The Bertz CT molecular complexity index is 853. The highest BCUT2D eigenvalue weighted by atomic mass is 16.5. The summed E-state index contributed by atoms with van der Waals surface area (Å²) in [5, 5.41) is 10.5. The van der Waals surface area contributed by atoms with Crippen molar-refractivity contribution in [3.63, 3.8) is 0 Å². The van der Waals surface area contributed by atoms with Crippen LogP contribution in [0.15, 0.2) is 39.8 Å². The maximum absolute atomic E-state index is 12.6. The fourth-order valence-corrected chi connectivity index (χ4v) is 4.68. The third-order valence-corrected chi connectivity index (χ3v) is 6.16. The lowest BCUT2D eigenvalue weighted by molar-refractivity contribution is 0.00585. The van der Waals surface area contributed by atoms with Crippen LogP contribution in [0.5, 0.6) is 5.75 Å². The zero-order valence-corrected chi connectivity index (χ0v) is 14.8. The molecule has 2 aliphatic heterocycles. The summed E-state index contributed by atoms with van der Waals surface area (Å²) < 4.78 is 11.7. The Morgan fingerprint density at radius 1 is 1.36 bits per heavy atom. The zero-order valence-electron chi connectivity index (χ0n) is 14.8. The smallest absolute Gasteiger partial charge is 0.343 e. The first-order valence-corrected chi connectivity index (χ1v) is 8.75. The van der Waals surface area contributed by atoms with Crippen LogP contribution in [0, 0.1) is 11.3 Å². The summed E-state index contributed by atoms with van der Waals surface area (Å²) in [5.74, 6) is 0.475. The second-order valence-electron chi connectivity index (χ2n) is 8.04. The van der Waals surface area contributed by atoms with Crippen molar-refractivity contribution >= 4 is 0 Å². The Morgan fingerprint density at radius 3 is 2.76 bits per heavy atom. The molecule has 3 atom stereocenters. The summed E-state index contributed by atoms with van der Waals surface area (Å²) in [4.78, 5) is 16.6. The molecular formula is C20H23NO4. The Kier molecular flexibility index (Phi) is 3.55. The molecule has 4 heterocycles. The Labute approximate surface area is 146 Å². The summed E-state index contributed by atoms with van der Waals surface area (Å²) in [5.41, 5.74) is 0.240. The van der Waals surface area contributed by atoms with Crippen LogP contribution in [0.25, 0.3) is 11.3 Å². The van der Waals surface area contributed by atoms with E-state index in [0.717, 1.165) is 12.8 Å². The van der Waals surface area contributed by atoms with Crippen molar-refractivity contribution in [3.8, 4) is 17.1 Å². The number of aromatic hydroxyl groups is 1. The van der Waals surface area contributed by atoms with Gasteiger partial charge in [0, 0.05) is 24.0 Å². The second-order valence-corrected chi connectivity index (χ2v) is 8.04. The van der Waals surface area contributed by atoms with Crippen molar-refractivity contribution in [3.05, 3.63) is 46.6 Å². The average molecular weight is 341 g/mol. The first-order chi connectivity index (χ1) is 11.8. The number of aromatic nitrogens is 1. The lowest BCUT2D eigenvalue weighted by atomic mass is 9.62. The number of pyridine rings is 1. The van der Waals surface area contributed by atoms with E-state index in [4.69, 9.17) is 9.15 Å². The molecule has 2 saturated heterocycles. The molecule has 0 radical (unpaired) electrons. The van der Waals surface area contributed by atoms with Gasteiger partial charge in [0.2, 0.25) is 0 Å². The van der Waals surface area contributed by atoms with Gasteiger partial charge in [-0.05, 0) is 49.7 Å². The summed E-state index contributed by atoms with van der Waals surface area (Å²) in [6.45, 7) is 6.50. The standard InChI is InChI=1S/C20H23NO4/c1-19(2)16(20(3)7-6-17(19)25-20)9-13-14(22)10-15(24-18(13)23)12-5-4-8-21-11-12/h4-5,8,10-11,16-17,22H,6-7,9H2,1-3H3. The third kappa shape index (κ3) is 2.49. The van der Waals surface area contributed by atoms with Crippen LogP contribution in [-0.2, 0) is 11.2 Å². The molecule has 4 rings (SSSR count). The van der Waals surface area contributed by atoms with Gasteiger partial charge in [0.05, 0.1) is 17.3 Å². The van der Waals surface area contributed by atoms with E-state index in [-0.39, 0.29) is 28.8 Å². The van der Waals surface area contributed by atoms with Gasteiger partial charge >= 0.3 is 5.63 Å². The number of nitrogens with zero attached hydrogens (tertiary/aromatic N) is 1. The van der Waals surface area contributed by atoms with Gasteiger partial charge < -0.3 is 14.3 Å². The van der Waals surface area contributed by atoms with Crippen molar-refractivity contribution < 1.29 is 14.3 Å².